The van der Waals surface area contributed by atoms with Gasteiger partial charge in [-0.15, -0.1) is 10.2 Å². The fourth-order valence-corrected chi connectivity index (χ4v) is 1.62. The van der Waals surface area contributed by atoms with Crippen LogP contribution in [0.4, 0.5) is 0 Å². The van der Waals surface area contributed by atoms with Crippen LogP contribution in [0.25, 0.3) is 11.5 Å². The Labute approximate surface area is 108 Å². The average Bonchev–Trinajstić information content (AvgIpc) is 2.78. The van der Waals surface area contributed by atoms with Crippen molar-refractivity contribution in [3.05, 3.63) is 35.2 Å². The molecule has 0 fully saturated rings. The van der Waals surface area contributed by atoms with Gasteiger partial charge in [-0.05, 0) is 24.3 Å². The smallest absolute Gasteiger partial charge is 0.304 e. The lowest BCUT2D eigenvalue weighted by atomic mass is 10.1. The van der Waals surface area contributed by atoms with E-state index >= 15 is 0 Å². The Morgan fingerprint density at radius 1 is 1.39 bits per heavy atom. The van der Waals surface area contributed by atoms with Crippen molar-refractivity contribution in [2.24, 2.45) is 0 Å². The molecule has 1 aromatic heterocycles. The van der Waals surface area contributed by atoms with Gasteiger partial charge in [0.1, 0.15) is 0 Å². The molecule has 18 heavy (non-hydrogen) atoms. The van der Waals surface area contributed by atoms with E-state index in [1.54, 1.807) is 31.2 Å². The molecule has 1 atom stereocenters. The van der Waals surface area contributed by atoms with Crippen LogP contribution in [0.1, 0.15) is 25.2 Å². The second kappa shape index (κ2) is 5.18. The Hall–Kier alpha value is -1.88. The highest BCUT2D eigenvalue weighted by molar-refractivity contribution is 6.30. The van der Waals surface area contributed by atoms with E-state index < -0.39 is 5.97 Å². The molecule has 0 aliphatic carbocycles. The number of hydrogen-bond donors (Lipinski definition) is 1. The number of aliphatic carboxylic acids is 1. The van der Waals surface area contributed by atoms with Crippen LogP contribution in [0.15, 0.2) is 28.7 Å². The molecular formula is C12H11ClN2O3. The summed E-state index contributed by atoms with van der Waals surface area (Å²) in [6.45, 7) is 1.73. The molecule has 0 spiro atoms. The van der Waals surface area contributed by atoms with Crippen molar-refractivity contribution in [2.75, 3.05) is 0 Å². The quantitative estimate of drug-likeness (QED) is 0.921. The van der Waals surface area contributed by atoms with Crippen LogP contribution >= 0.6 is 11.6 Å². The number of halogens is 1. The molecule has 0 amide bonds. The maximum absolute atomic E-state index is 10.6. The minimum Gasteiger partial charge on any atom is -0.481 e. The third kappa shape index (κ3) is 2.87. The molecule has 0 saturated carbocycles. The van der Waals surface area contributed by atoms with Crippen LogP contribution in [0.5, 0.6) is 0 Å². The SMILES string of the molecule is CC(CC(=O)O)c1nnc(-c2ccc(Cl)cc2)o1. The standard InChI is InChI=1S/C12H11ClN2O3/c1-7(6-10(16)17)11-14-15-12(18-11)8-2-4-9(13)5-3-8/h2-5,7H,6H2,1H3,(H,16,17). The highest BCUT2D eigenvalue weighted by Crippen LogP contribution is 2.24. The number of rotatable bonds is 4. The van der Waals surface area contributed by atoms with Crippen molar-refractivity contribution in [3.63, 3.8) is 0 Å². The zero-order chi connectivity index (χ0) is 13.1. The lowest BCUT2D eigenvalue weighted by molar-refractivity contribution is -0.137. The van der Waals surface area contributed by atoms with Crippen molar-refractivity contribution in [3.8, 4) is 11.5 Å². The van der Waals surface area contributed by atoms with Gasteiger partial charge in [0.05, 0.1) is 6.42 Å². The van der Waals surface area contributed by atoms with Crippen molar-refractivity contribution < 1.29 is 14.3 Å². The lowest BCUT2D eigenvalue weighted by Gasteiger charge is -2.01. The maximum Gasteiger partial charge on any atom is 0.304 e. The molecule has 0 aliphatic rings. The average molecular weight is 267 g/mol. The van der Waals surface area contributed by atoms with E-state index in [1.165, 1.54) is 0 Å². The maximum atomic E-state index is 10.6. The molecule has 0 bridgehead atoms. The molecule has 0 aliphatic heterocycles. The van der Waals surface area contributed by atoms with Gasteiger partial charge in [-0.3, -0.25) is 4.79 Å². The summed E-state index contributed by atoms with van der Waals surface area (Å²) in [6, 6.07) is 6.98. The molecule has 94 valence electrons. The minimum absolute atomic E-state index is 0.0394. The van der Waals surface area contributed by atoms with Crippen LogP contribution in [0.3, 0.4) is 0 Å². The van der Waals surface area contributed by atoms with E-state index in [4.69, 9.17) is 21.1 Å². The third-order valence-corrected chi connectivity index (χ3v) is 2.69. The Balaban J connectivity index is 2.19. The second-order valence-corrected chi connectivity index (χ2v) is 4.39. The normalized spacial score (nSPS) is 12.3. The fourth-order valence-electron chi connectivity index (χ4n) is 1.49. The summed E-state index contributed by atoms with van der Waals surface area (Å²) >= 11 is 5.78. The van der Waals surface area contributed by atoms with Crippen LogP contribution in [0.2, 0.25) is 5.02 Å². The summed E-state index contributed by atoms with van der Waals surface area (Å²) in [5.74, 6) is -0.522. The summed E-state index contributed by atoms with van der Waals surface area (Å²) < 4.78 is 5.44. The van der Waals surface area contributed by atoms with E-state index in [2.05, 4.69) is 10.2 Å². The largest absolute Gasteiger partial charge is 0.481 e. The first kappa shape index (κ1) is 12.6. The van der Waals surface area contributed by atoms with Crippen molar-refractivity contribution in [2.45, 2.75) is 19.3 Å². The number of nitrogens with zero attached hydrogens (tertiary/aromatic N) is 2. The van der Waals surface area contributed by atoms with E-state index in [-0.39, 0.29) is 12.3 Å². The van der Waals surface area contributed by atoms with Gasteiger partial charge in [0, 0.05) is 16.5 Å². The van der Waals surface area contributed by atoms with E-state index in [0.29, 0.717) is 16.8 Å². The molecule has 0 saturated heterocycles. The Bertz CT molecular complexity index is 551. The number of benzene rings is 1. The summed E-state index contributed by atoms with van der Waals surface area (Å²) in [5, 5.41) is 17.1. The predicted octanol–water partition coefficient (Wildman–Crippen LogP) is 2.97. The number of carbonyl (C=O) groups is 1. The molecule has 5 nitrogen and oxygen atoms in total. The van der Waals surface area contributed by atoms with Gasteiger partial charge in [0.2, 0.25) is 11.8 Å². The van der Waals surface area contributed by atoms with Gasteiger partial charge in [-0.1, -0.05) is 18.5 Å². The topological polar surface area (TPSA) is 76.2 Å². The molecule has 6 heteroatoms. The van der Waals surface area contributed by atoms with E-state index in [0.717, 1.165) is 5.56 Å². The van der Waals surface area contributed by atoms with Crippen molar-refractivity contribution >= 4 is 17.6 Å². The third-order valence-electron chi connectivity index (χ3n) is 2.43. The van der Waals surface area contributed by atoms with Crippen LogP contribution in [-0.4, -0.2) is 21.3 Å². The Morgan fingerprint density at radius 2 is 2.06 bits per heavy atom. The first-order chi connectivity index (χ1) is 8.56. The summed E-state index contributed by atoms with van der Waals surface area (Å²) in [7, 11) is 0. The second-order valence-electron chi connectivity index (χ2n) is 3.95. The number of hydrogen-bond acceptors (Lipinski definition) is 4. The summed E-state index contributed by atoms with van der Waals surface area (Å²) in [5.41, 5.74) is 0.751. The zero-order valence-corrected chi connectivity index (χ0v) is 10.4. The van der Waals surface area contributed by atoms with Crippen LogP contribution in [0, 0.1) is 0 Å². The van der Waals surface area contributed by atoms with Gasteiger partial charge in [0.15, 0.2) is 0 Å². The fraction of sp³-hybridized carbons (Fsp3) is 0.250. The Kier molecular flexibility index (Phi) is 3.62. The van der Waals surface area contributed by atoms with Crippen molar-refractivity contribution in [1.29, 1.82) is 0 Å². The highest BCUT2D eigenvalue weighted by atomic mass is 35.5. The Morgan fingerprint density at radius 3 is 2.67 bits per heavy atom. The van der Waals surface area contributed by atoms with E-state index in [9.17, 15) is 4.79 Å². The monoisotopic (exact) mass is 266 g/mol. The highest BCUT2D eigenvalue weighted by Gasteiger charge is 2.17. The van der Waals surface area contributed by atoms with Gasteiger partial charge in [0.25, 0.3) is 0 Å². The first-order valence-corrected chi connectivity index (χ1v) is 5.75. The zero-order valence-electron chi connectivity index (χ0n) is 9.63. The first-order valence-electron chi connectivity index (χ1n) is 5.37. The molecular weight excluding hydrogens is 256 g/mol. The van der Waals surface area contributed by atoms with Crippen LogP contribution in [-0.2, 0) is 4.79 Å². The van der Waals surface area contributed by atoms with Gasteiger partial charge in [-0.2, -0.15) is 0 Å². The summed E-state index contributed by atoms with van der Waals surface area (Å²) in [4.78, 5) is 10.6. The molecule has 1 unspecified atom stereocenters. The van der Waals surface area contributed by atoms with Gasteiger partial charge >= 0.3 is 5.97 Å². The summed E-state index contributed by atoms with van der Waals surface area (Å²) in [6.07, 6.45) is -0.0394. The molecule has 1 N–H and O–H groups in total. The number of carboxylic acids is 1. The molecule has 1 aromatic carbocycles. The van der Waals surface area contributed by atoms with Gasteiger partial charge in [-0.25, -0.2) is 0 Å². The van der Waals surface area contributed by atoms with Crippen LogP contribution < -0.4 is 0 Å². The number of aromatic nitrogens is 2. The minimum atomic E-state index is -0.895. The number of carboxylic acid groups (broad SMARTS) is 1. The molecule has 1 heterocycles. The van der Waals surface area contributed by atoms with E-state index in [1.807, 2.05) is 0 Å². The molecule has 2 rings (SSSR count). The van der Waals surface area contributed by atoms with Gasteiger partial charge < -0.3 is 9.52 Å². The lowest BCUT2D eigenvalue weighted by Crippen LogP contribution is -2.02. The molecule has 0 radical (unpaired) electrons. The molecule has 2 aromatic rings. The van der Waals surface area contributed by atoms with Crippen molar-refractivity contribution in [1.82, 2.24) is 10.2 Å². The predicted molar refractivity (Wildman–Crippen MR) is 65.4 cm³/mol.